The van der Waals surface area contributed by atoms with Crippen LogP contribution in [-0.2, 0) is 9.05 Å². The van der Waals surface area contributed by atoms with Gasteiger partial charge in [0, 0.05) is 10.7 Å². The van der Waals surface area contributed by atoms with E-state index in [0.717, 1.165) is 12.1 Å². The fourth-order valence-corrected chi connectivity index (χ4v) is 1.68. The minimum absolute atomic E-state index is 0.0422. The molecule has 0 unspecified atom stereocenters. The monoisotopic (exact) mass is 219 g/mol. The summed E-state index contributed by atoms with van der Waals surface area (Å²) in [7, 11) is 0.796. The third-order valence-corrected chi connectivity index (χ3v) is 2.66. The fourth-order valence-electron chi connectivity index (χ4n) is 0.760. The molecule has 6 heteroatoms. The summed E-state index contributed by atoms with van der Waals surface area (Å²) in [5.41, 5.74) is 0.0422. The van der Waals surface area contributed by atoms with Gasteiger partial charge in [0.2, 0.25) is 0 Å². The average molecular weight is 220 g/mol. The molecule has 0 saturated heterocycles. The van der Waals surface area contributed by atoms with Crippen molar-refractivity contribution in [2.75, 3.05) is 0 Å². The molecule has 0 heterocycles. The summed E-state index contributed by atoms with van der Waals surface area (Å²) in [4.78, 5) is -0.673. The van der Waals surface area contributed by atoms with Crippen LogP contribution in [0.1, 0.15) is 5.56 Å². The lowest BCUT2D eigenvalue weighted by Gasteiger charge is -1.97. The molecule has 1 rings (SSSR count). The van der Waals surface area contributed by atoms with Crippen molar-refractivity contribution >= 4 is 19.7 Å². The first kappa shape index (κ1) is 9.96. The SMILES string of the molecule is N#Cc1ccc(F)c(S(=O)(=O)Cl)c1. The van der Waals surface area contributed by atoms with Crippen LogP contribution in [0.15, 0.2) is 23.1 Å². The summed E-state index contributed by atoms with van der Waals surface area (Å²) >= 11 is 0. The lowest BCUT2D eigenvalue weighted by atomic mass is 10.2. The van der Waals surface area contributed by atoms with Crippen LogP contribution in [0.3, 0.4) is 0 Å². The zero-order valence-electron chi connectivity index (χ0n) is 6.16. The van der Waals surface area contributed by atoms with Crippen LogP contribution in [0.4, 0.5) is 4.39 Å². The third-order valence-electron chi connectivity index (χ3n) is 1.32. The molecule has 68 valence electrons. The highest BCUT2D eigenvalue weighted by Crippen LogP contribution is 2.19. The van der Waals surface area contributed by atoms with Gasteiger partial charge in [-0.15, -0.1) is 0 Å². The highest BCUT2D eigenvalue weighted by Gasteiger charge is 2.16. The molecule has 0 bridgehead atoms. The van der Waals surface area contributed by atoms with E-state index in [9.17, 15) is 12.8 Å². The van der Waals surface area contributed by atoms with Gasteiger partial charge in [-0.1, -0.05) is 0 Å². The van der Waals surface area contributed by atoms with Gasteiger partial charge in [0.1, 0.15) is 10.7 Å². The van der Waals surface area contributed by atoms with Gasteiger partial charge in [-0.3, -0.25) is 0 Å². The maximum Gasteiger partial charge on any atom is 0.264 e. The Bertz CT molecular complexity index is 478. The van der Waals surface area contributed by atoms with Gasteiger partial charge in [0.05, 0.1) is 11.6 Å². The van der Waals surface area contributed by atoms with E-state index in [4.69, 9.17) is 15.9 Å². The quantitative estimate of drug-likeness (QED) is 0.675. The predicted molar refractivity (Wildman–Crippen MR) is 44.2 cm³/mol. The van der Waals surface area contributed by atoms with Crippen molar-refractivity contribution < 1.29 is 12.8 Å². The molecular formula is C7H3ClFNO2S. The largest absolute Gasteiger partial charge is 0.264 e. The summed E-state index contributed by atoms with van der Waals surface area (Å²) < 4.78 is 34.3. The minimum atomic E-state index is -4.12. The Labute approximate surface area is 78.8 Å². The average Bonchev–Trinajstić information content (AvgIpc) is 2.03. The van der Waals surface area contributed by atoms with E-state index in [-0.39, 0.29) is 5.56 Å². The van der Waals surface area contributed by atoms with Crippen LogP contribution in [0.5, 0.6) is 0 Å². The van der Waals surface area contributed by atoms with Crippen molar-refractivity contribution in [3.63, 3.8) is 0 Å². The van der Waals surface area contributed by atoms with Crippen molar-refractivity contribution in [2.45, 2.75) is 4.90 Å². The maximum absolute atomic E-state index is 12.8. The number of benzene rings is 1. The molecule has 0 atom stereocenters. The molecular weight excluding hydrogens is 217 g/mol. The van der Waals surface area contributed by atoms with E-state index in [1.54, 1.807) is 6.07 Å². The highest BCUT2D eigenvalue weighted by molar-refractivity contribution is 8.13. The topological polar surface area (TPSA) is 57.9 Å². The van der Waals surface area contributed by atoms with E-state index in [1.165, 1.54) is 6.07 Å². The molecule has 0 saturated carbocycles. The summed E-state index contributed by atoms with van der Waals surface area (Å²) in [6, 6.07) is 4.61. The van der Waals surface area contributed by atoms with Crippen molar-refractivity contribution in [1.29, 1.82) is 5.26 Å². The Balaban J connectivity index is 3.47. The number of nitrogens with zero attached hydrogens (tertiary/aromatic N) is 1. The molecule has 0 aromatic heterocycles. The first-order valence-electron chi connectivity index (χ1n) is 3.09. The van der Waals surface area contributed by atoms with Gasteiger partial charge in [-0.2, -0.15) is 5.26 Å². The second kappa shape index (κ2) is 3.32. The van der Waals surface area contributed by atoms with Crippen molar-refractivity contribution in [3.05, 3.63) is 29.6 Å². The molecule has 3 nitrogen and oxygen atoms in total. The molecule has 0 amide bonds. The summed E-state index contributed by atoms with van der Waals surface area (Å²) in [5, 5.41) is 8.41. The Morgan fingerprint density at radius 2 is 2.08 bits per heavy atom. The Kier molecular flexibility index (Phi) is 2.55. The summed E-state index contributed by atoms with van der Waals surface area (Å²) in [6.07, 6.45) is 0. The predicted octanol–water partition coefficient (Wildman–Crippen LogP) is 1.62. The second-order valence-corrected chi connectivity index (χ2v) is 4.73. The zero-order chi connectivity index (χ0) is 10.1. The summed E-state index contributed by atoms with van der Waals surface area (Å²) in [5.74, 6) is -0.964. The molecule has 1 aromatic rings. The van der Waals surface area contributed by atoms with E-state index in [1.807, 2.05) is 0 Å². The first-order valence-corrected chi connectivity index (χ1v) is 5.40. The third kappa shape index (κ3) is 2.17. The molecule has 13 heavy (non-hydrogen) atoms. The Morgan fingerprint density at radius 1 is 1.46 bits per heavy atom. The molecule has 0 fully saturated rings. The van der Waals surface area contributed by atoms with Crippen molar-refractivity contribution in [3.8, 4) is 6.07 Å². The van der Waals surface area contributed by atoms with E-state index in [0.29, 0.717) is 0 Å². The molecule has 0 aliphatic heterocycles. The van der Waals surface area contributed by atoms with Crippen LogP contribution in [0, 0.1) is 17.1 Å². The van der Waals surface area contributed by atoms with Crippen LogP contribution >= 0.6 is 10.7 Å². The molecule has 0 spiro atoms. The fraction of sp³-hybridized carbons (Fsp3) is 0. The first-order chi connectivity index (χ1) is 5.95. The molecule has 1 aromatic carbocycles. The lowest BCUT2D eigenvalue weighted by Crippen LogP contribution is -1.95. The van der Waals surface area contributed by atoms with Gasteiger partial charge in [-0.25, -0.2) is 12.8 Å². The normalized spacial score (nSPS) is 10.8. The van der Waals surface area contributed by atoms with Gasteiger partial charge in [0.15, 0.2) is 0 Å². The van der Waals surface area contributed by atoms with Crippen molar-refractivity contribution in [2.24, 2.45) is 0 Å². The van der Waals surface area contributed by atoms with Crippen LogP contribution in [-0.4, -0.2) is 8.42 Å². The number of halogens is 2. The van der Waals surface area contributed by atoms with Crippen LogP contribution in [0.25, 0.3) is 0 Å². The standard InChI is InChI=1S/C7H3ClFNO2S/c8-13(11,12)7-3-5(4-10)1-2-6(7)9/h1-3H. The number of hydrogen-bond donors (Lipinski definition) is 0. The second-order valence-electron chi connectivity index (χ2n) is 2.19. The number of nitriles is 1. The van der Waals surface area contributed by atoms with Gasteiger partial charge < -0.3 is 0 Å². The zero-order valence-corrected chi connectivity index (χ0v) is 7.73. The number of hydrogen-bond acceptors (Lipinski definition) is 3. The molecule has 0 N–H and O–H groups in total. The Morgan fingerprint density at radius 3 is 2.54 bits per heavy atom. The van der Waals surface area contributed by atoms with Crippen molar-refractivity contribution in [1.82, 2.24) is 0 Å². The molecule has 0 radical (unpaired) electrons. The Hall–Kier alpha value is -1.12. The van der Waals surface area contributed by atoms with Gasteiger partial charge in [0.25, 0.3) is 9.05 Å². The van der Waals surface area contributed by atoms with Gasteiger partial charge in [-0.05, 0) is 18.2 Å². The van der Waals surface area contributed by atoms with Crippen LogP contribution in [0.2, 0.25) is 0 Å². The summed E-state index contributed by atoms with van der Waals surface area (Å²) in [6.45, 7) is 0. The van der Waals surface area contributed by atoms with Gasteiger partial charge >= 0.3 is 0 Å². The van der Waals surface area contributed by atoms with E-state index < -0.39 is 19.8 Å². The van der Waals surface area contributed by atoms with E-state index >= 15 is 0 Å². The lowest BCUT2D eigenvalue weighted by molar-refractivity contribution is 0.575. The highest BCUT2D eigenvalue weighted by atomic mass is 35.7. The maximum atomic E-state index is 12.8. The van der Waals surface area contributed by atoms with Crippen LogP contribution < -0.4 is 0 Å². The molecule has 0 aliphatic rings. The molecule has 0 aliphatic carbocycles. The number of rotatable bonds is 1. The minimum Gasteiger partial charge on any atom is -0.207 e. The smallest absolute Gasteiger partial charge is 0.207 e. The van der Waals surface area contributed by atoms with E-state index in [2.05, 4.69) is 0 Å².